The van der Waals surface area contributed by atoms with E-state index in [0.29, 0.717) is 11.3 Å². The van der Waals surface area contributed by atoms with Crippen molar-refractivity contribution >= 4 is 52.5 Å². The number of rotatable bonds is 4. The summed E-state index contributed by atoms with van der Waals surface area (Å²) in [4.78, 5) is 53.5. The Morgan fingerprint density at radius 1 is 0.968 bits per heavy atom. The second kappa shape index (κ2) is 8.32. The van der Waals surface area contributed by atoms with Crippen LogP contribution in [0.25, 0.3) is 0 Å². The van der Waals surface area contributed by atoms with Crippen molar-refractivity contribution in [3.8, 4) is 0 Å². The van der Waals surface area contributed by atoms with Gasteiger partial charge in [-0.1, -0.05) is 29.3 Å². The molecule has 1 N–H and O–H groups in total. The molecule has 31 heavy (non-hydrogen) atoms. The fourth-order valence-electron chi connectivity index (χ4n) is 3.80. The predicted molar refractivity (Wildman–Crippen MR) is 117 cm³/mol. The molecule has 0 radical (unpaired) electrons. The SMILES string of the molecule is CC(C(=O)Nc1cccc(C(=O)N2CCCC2)c1)N1C(=O)c2cc(Cl)c(Cl)cc2C1=O. The maximum absolute atomic E-state index is 12.8. The van der Waals surface area contributed by atoms with Crippen molar-refractivity contribution in [2.45, 2.75) is 25.8 Å². The number of imide groups is 1. The molecule has 2 aromatic rings. The molecule has 1 unspecified atom stereocenters. The van der Waals surface area contributed by atoms with Crippen LogP contribution in [-0.2, 0) is 4.79 Å². The van der Waals surface area contributed by atoms with Gasteiger partial charge in [0, 0.05) is 24.3 Å². The van der Waals surface area contributed by atoms with Crippen LogP contribution in [0.1, 0.15) is 50.8 Å². The summed E-state index contributed by atoms with van der Waals surface area (Å²) >= 11 is 11.9. The van der Waals surface area contributed by atoms with Crippen LogP contribution in [0.2, 0.25) is 10.0 Å². The minimum Gasteiger partial charge on any atom is -0.339 e. The third-order valence-electron chi connectivity index (χ3n) is 5.50. The smallest absolute Gasteiger partial charge is 0.262 e. The Morgan fingerprint density at radius 2 is 1.55 bits per heavy atom. The van der Waals surface area contributed by atoms with Crippen LogP contribution in [-0.4, -0.2) is 52.6 Å². The van der Waals surface area contributed by atoms with Crippen LogP contribution >= 0.6 is 23.2 Å². The molecule has 0 spiro atoms. The van der Waals surface area contributed by atoms with Crippen molar-refractivity contribution in [2.24, 2.45) is 0 Å². The second-order valence-electron chi connectivity index (χ2n) is 7.54. The van der Waals surface area contributed by atoms with Gasteiger partial charge in [0.05, 0.1) is 21.2 Å². The predicted octanol–water partition coefficient (Wildman–Crippen LogP) is 3.85. The number of carbonyl (C=O) groups excluding carboxylic acids is 4. The van der Waals surface area contributed by atoms with Gasteiger partial charge >= 0.3 is 0 Å². The van der Waals surface area contributed by atoms with E-state index in [-0.39, 0.29) is 27.1 Å². The van der Waals surface area contributed by atoms with E-state index in [1.807, 2.05) is 0 Å². The minimum atomic E-state index is -1.08. The molecule has 2 aliphatic rings. The summed E-state index contributed by atoms with van der Waals surface area (Å²) in [6.07, 6.45) is 1.97. The Morgan fingerprint density at radius 3 is 2.13 bits per heavy atom. The van der Waals surface area contributed by atoms with Gasteiger partial charge in [-0.25, -0.2) is 0 Å². The van der Waals surface area contributed by atoms with Crippen molar-refractivity contribution in [1.29, 1.82) is 0 Å². The molecular weight excluding hydrogens is 441 g/mol. The first-order valence-electron chi connectivity index (χ1n) is 9.85. The van der Waals surface area contributed by atoms with Crippen LogP contribution in [0.3, 0.4) is 0 Å². The molecule has 0 bridgehead atoms. The molecule has 9 heteroatoms. The maximum Gasteiger partial charge on any atom is 0.262 e. The Bertz CT molecular complexity index is 1070. The summed E-state index contributed by atoms with van der Waals surface area (Å²) in [5, 5.41) is 2.99. The first-order chi connectivity index (χ1) is 14.8. The largest absolute Gasteiger partial charge is 0.339 e. The van der Waals surface area contributed by atoms with E-state index in [1.165, 1.54) is 19.1 Å². The van der Waals surface area contributed by atoms with E-state index in [0.717, 1.165) is 30.8 Å². The number of halogens is 2. The second-order valence-corrected chi connectivity index (χ2v) is 8.35. The van der Waals surface area contributed by atoms with Crippen molar-refractivity contribution in [1.82, 2.24) is 9.80 Å². The average Bonchev–Trinajstić information content (AvgIpc) is 3.36. The van der Waals surface area contributed by atoms with E-state index >= 15 is 0 Å². The number of hydrogen-bond acceptors (Lipinski definition) is 4. The van der Waals surface area contributed by atoms with Crippen molar-refractivity contribution < 1.29 is 19.2 Å². The van der Waals surface area contributed by atoms with Crippen molar-refractivity contribution in [3.05, 3.63) is 63.1 Å². The van der Waals surface area contributed by atoms with Crippen LogP contribution in [0, 0.1) is 0 Å². The lowest BCUT2D eigenvalue weighted by atomic mass is 10.1. The summed E-state index contributed by atoms with van der Waals surface area (Å²) in [5.41, 5.74) is 1.09. The van der Waals surface area contributed by atoms with Crippen LogP contribution in [0.5, 0.6) is 0 Å². The highest BCUT2D eigenvalue weighted by atomic mass is 35.5. The monoisotopic (exact) mass is 459 g/mol. The first-order valence-corrected chi connectivity index (χ1v) is 10.6. The number of carbonyl (C=O) groups is 4. The Hall–Kier alpha value is -2.90. The molecule has 0 aromatic heterocycles. The van der Waals surface area contributed by atoms with Crippen molar-refractivity contribution in [2.75, 3.05) is 18.4 Å². The minimum absolute atomic E-state index is 0.0873. The summed E-state index contributed by atoms with van der Waals surface area (Å²) in [6.45, 7) is 2.90. The van der Waals surface area contributed by atoms with Crippen LogP contribution in [0.15, 0.2) is 36.4 Å². The highest BCUT2D eigenvalue weighted by Crippen LogP contribution is 2.32. The van der Waals surface area contributed by atoms with E-state index in [9.17, 15) is 19.2 Å². The molecule has 2 heterocycles. The number of nitrogens with one attached hydrogen (secondary N) is 1. The molecule has 4 rings (SSSR count). The normalized spacial score (nSPS) is 16.5. The lowest BCUT2D eigenvalue weighted by molar-refractivity contribution is -0.119. The van der Waals surface area contributed by atoms with E-state index in [2.05, 4.69) is 5.32 Å². The quantitative estimate of drug-likeness (QED) is 0.703. The molecule has 1 saturated heterocycles. The first kappa shape index (κ1) is 21.3. The Kier molecular flexibility index (Phi) is 5.73. The fourth-order valence-corrected chi connectivity index (χ4v) is 4.13. The number of fused-ring (bicyclic) bond motifs is 1. The van der Waals surface area contributed by atoms with Gasteiger partial charge in [0.25, 0.3) is 17.7 Å². The Balaban J connectivity index is 1.50. The van der Waals surface area contributed by atoms with Crippen LogP contribution < -0.4 is 5.32 Å². The molecule has 2 aromatic carbocycles. The molecule has 160 valence electrons. The number of likely N-dealkylation sites (tertiary alicyclic amines) is 1. The average molecular weight is 460 g/mol. The summed E-state index contributed by atoms with van der Waals surface area (Å²) in [5.74, 6) is -1.87. The zero-order valence-corrected chi connectivity index (χ0v) is 18.2. The Labute approximate surface area is 188 Å². The lowest BCUT2D eigenvalue weighted by Gasteiger charge is -2.22. The standard InChI is InChI=1S/C22H19Cl2N3O4/c1-12(27-21(30)15-10-17(23)18(24)11-16(15)22(27)31)19(28)25-14-6-4-5-13(9-14)20(29)26-7-2-3-8-26/h4-6,9-12H,2-3,7-8H2,1H3,(H,25,28). The number of benzene rings is 2. The van der Waals surface area contributed by atoms with Gasteiger partial charge in [0.15, 0.2) is 0 Å². The van der Waals surface area contributed by atoms with Gasteiger partial charge in [0.1, 0.15) is 6.04 Å². The molecule has 7 nitrogen and oxygen atoms in total. The van der Waals surface area contributed by atoms with Gasteiger partial charge < -0.3 is 10.2 Å². The van der Waals surface area contributed by atoms with Gasteiger partial charge in [-0.3, -0.25) is 24.1 Å². The molecule has 1 fully saturated rings. The zero-order valence-electron chi connectivity index (χ0n) is 16.7. The highest BCUT2D eigenvalue weighted by Gasteiger charge is 2.41. The van der Waals surface area contributed by atoms with Gasteiger partial charge in [-0.2, -0.15) is 0 Å². The number of nitrogens with zero attached hydrogens (tertiary/aromatic N) is 2. The van der Waals surface area contributed by atoms with Crippen LogP contribution in [0.4, 0.5) is 5.69 Å². The van der Waals surface area contributed by atoms with Gasteiger partial charge in [-0.05, 0) is 50.1 Å². The molecular formula is C22H19Cl2N3O4. The number of amides is 4. The van der Waals surface area contributed by atoms with E-state index in [1.54, 1.807) is 29.2 Å². The third-order valence-corrected chi connectivity index (χ3v) is 6.22. The zero-order chi connectivity index (χ0) is 22.3. The molecule has 1 atom stereocenters. The topological polar surface area (TPSA) is 86.8 Å². The summed E-state index contributed by atoms with van der Waals surface area (Å²) < 4.78 is 0. The highest BCUT2D eigenvalue weighted by molar-refractivity contribution is 6.43. The third kappa shape index (κ3) is 3.91. The molecule has 0 aliphatic carbocycles. The summed E-state index contributed by atoms with van der Waals surface area (Å²) in [6, 6.07) is 8.19. The molecule has 2 aliphatic heterocycles. The number of hydrogen-bond donors (Lipinski definition) is 1. The maximum atomic E-state index is 12.8. The molecule has 4 amide bonds. The number of anilines is 1. The van der Waals surface area contributed by atoms with E-state index in [4.69, 9.17) is 23.2 Å². The lowest BCUT2D eigenvalue weighted by Crippen LogP contribution is -2.45. The van der Waals surface area contributed by atoms with E-state index < -0.39 is 23.8 Å². The molecule has 0 saturated carbocycles. The van der Waals surface area contributed by atoms with Crippen molar-refractivity contribution in [3.63, 3.8) is 0 Å². The van der Waals surface area contributed by atoms with Gasteiger partial charge in [0.2, 0.25) is 5.91 Å². The summed E-state index contributed by atoms with van der Waals surface area (Å²) in [7, 11) is 0. The van der Waals surface area contributed by atoms with Gasteiger partial charge in [-0.15, -0.1) is 0 Å². The fraction of sp³-hybridized carbons (Fsp3) is 0.273.